The van der Waals surface area contributed by atoms with E-state index in [1.807, 2.05) is 11.0 Å². The van der Waals surface area contributed by atoms with Crippen LogP contribution in [-0.4, -0.2) is 58.9 Å². The lowest BCUT2D eigenvalue weighted by atomic mass is 10.1. The fraction of sp³-hybridized carbons (Fsp3) is 0.417. The zero-order chi connectivity index (χ0) is 24.2. The number of pyridine rings is 1. The highest BCUT2D eigenvalue weighted by Crippen LogP contribution is 2.28. The van der Waals surface area contributed by atoms with E-state index in [4.69, 9.17) is 24.5 Å². The molecule has 4 rings (SSSR count). The first kappa shape index (κ1) is 23.9. The maximum atomic E-state index is 13.4. The molecule has 3 aromatic heterocycles. The number of thiazole rings is 1. The van der Waals surface area contributed by atoms with Crippen LogP contribution in [0.2, 0.25) is 0 Å². The molecule has 0 unspecified atom stereocenters. The Balaban J connectivity index is 1.77. The van der Waals surface area contributed by atoms with Crippen molar-refractivity contribution in [1.29, 1.82) is 0 Å². The van der Waals surface area contributed by atoms with Gasteiger partial charge in [-0.15, -0.1) is 11.3 Å². The van der Waals surface area contributed by atoms with Gasteiger partial charge in [0.15, 0.2) is 11.4 Å². The van der Waals surface area contributed by atoms with E-state index < -0.39 is 5.97 Å². The van der Waals surface area contributed by atoms with Crippen LogP contribution in [-0.2, 0) is 22.4 Å². The second-order valence-electron chi connectivity index (χ2n) is 8.31. The number of anilines is 1. The van der Waals surface area contributed by atoms with Crippen LogP contribution in [0.1, 0.15) is 41.6 Å². The van der Waals surface area contributed by atoms with E-state index in [0.717, 1.165) is 28.8 Å². The molecule has 0 aliphatic carbocycles. The quantitative estimate of drug-likeness (QED) is 0.487. The van der Waals surface area contributed by atoms with Crippen LogP contribution in [0.25, 0.3) is 11.7 Å². The first-order chi connectivity index (χ1) is 16.4. The van der Waals surface area contributed by atoms with Crippen LogP contribution in [0.3, 0.4) is 0 Å². The highest BCUT2D eigenvalue weighted by atomic mass is 32.1. The van der Waals surface area contributed by atoms with Gasteiger partial charge < -0.3 is 19.5 Å². The van der Waals surface area contributed by atoms with Crippen molar-refractivity contribution < 1.29 is 19.4 Å². The summed E-state index contributed by atoms with van der Waals surface area (Å²) in [4.78, 5) is 36.0. The van der Waals surface area contributed by atoms with E-state index in [1.165, 1.54) is 10.5 Å². The van der Waals surface area contributed by atoms with E-state index in [9.17, 15) is 9.59 Å². The number of carboxylic acids is 1. The predicted molar refractivity (Wildman–Crippen MR) is 131 cm³/mol. The van der Waals surface area contributed by atoms with Crippen molar-refractivity contribution in [2.45, 2.75) is 32.6 Å². The third-order valence-electron chi connectivity index (χ3n) is 5.73. The molecule has 1 aliphatic rings. The molecule has 0 saturated carbocycles. The molecule has 1 saturated heterocycles. The Labute approximate surface area is 201 Å². The number of methoxy groups -OCH3 is 1. The number of rotatable bonds is 8. The molecule has 0 amide bonds. The van der Waals surface area contributed by atoms with Crippen molar-refractivity contribution in [3.63, 3.8) is 0 Å². The maximum Gasteiger partial charge on any atom is 0.328 e. The highest BCUT2D eigenvalue weighted by molar-refractivity contribution is 7.09. The molecule has 180 valence electrons. The Morgan fingerprint density at radius 1 is 1.29 bits per heavy atom. The van der Waals surface area contributed by atoms with Crippen LogP contribution in [0.5, 0.6) is 5.75 Å². The van der Waals surface area contributed by atoms with Gasteiger partial charge in [0, 0.05) is 37.2 Å². The molecular weight excluding hydrogens is 456 g/mol. The summed E-state index contributed by atoms with van der Waals surface area (Å²) in [7, 11) is 1.57. The molecule has 0 spiro atoms. The summed E-state index contributed by atoms with van der Waals surface area (Å²) in [6.07, 6.45) is 5.38. The first-order valence-corrected chi connectivity index (χ1v) is 12.1. The predicted octanol–water partition coefficient (Wildman–Crippen LogP) is 3.00. The minimum absolute atomic E-state index is 0.223. The van der Waals surface area contributed by atoms with Crippen molar-refractivity contribution in [3.05, 3.63) is 55.9 Å². The number of carbonyl (C=O) groups is 1. The van der Waals surface area contributed by atoms with Gasteiger partial charge >= 0.3 is 5.97 Å². The molecule has 3 aromatic rings. The molecule has 0 aromatic carbocycles. The van der Waals surface area contributed by atoms with Gasteiger partial charge in [-0.2, -0.15) is 0 Å². The number of aryl methyl sites for hydroxylation is 2. The van der Waals surface area contributed by atoms with E-state index in [0.29, 0.717) is 55.9 Å². The molecule has 0 atom stereocenters. The van der Waals surface area contributed by atoms with Crippen LogP contribution in [0, 0.1) is 0 Å². The monoisotopic (exact) mass is 484 g/mol. The van der Waals surface area contributed by atoms with Gasteiger partial charge in [0.25, 0.3) is 5.56 Å². The summed E-state index contributed by atoms with van der Waals surface area (Å²) in [5.74, 6) is 0.221. The number of aromatic nitrogens is 3. The average molecular weight is 485 g/mol. The third-order valence-corrected chi connectivity index (χ3v) is 6.65. The smallest absolute Gasteiger partial charge is 0.328 e. The lowest BCUT2D eigenvalue weighted by Crippen LogP contribution is -2.38. The van der Waals surface area contributed by atoms with Crippen molar-refractivity contribution in [2.75, 3.05) is 38.3 Å². The van der Waals surface area contributed by atoms with Gasteiger partial charge in [0.1, 0.15) is 5.82 Å². The largest absolute Gasteiger partial charge is 0.493 e. The van der Waals surface area contributed by atoms with E-state index in [1.54, 1.807) is 24.6 Å². The molecule has 34 heavy (non-hydrogen) atoms. The van der Waals surface area contributed by atoms with Crippen LogP contribution in [0.4, 0.5) is 5.82 Å². The van der Waals surface area contributed by atoms with Gasteiger partial charge in [-0.05, 0) is 30.0 Å². The fourth-order valence-corrected chi connectivity index (χ4v) is 4.86. The van der Waals surface area contributed by atoms with Crippen molar-refractivity contribution in [2.24, 2.45) is 0 Å². The minimum atomic E-state index is -1.13. The van der Waals surface area contributed by atoms with Gasteiger partial charge in [0.2, 0.25) is 0 Å². The summed E-state index contributed by atoms with van der Waals surface area (Å²) >= 11 is 1.65. The Hall–Kier alpha value is -3.24. The molecular formula is C24H28N4O5S. The molecule has 1 N–H and O–H groups in total. The number of nitrogens with zero attached hydrogens (tertiary/aromatic N) is 4. The van der Waals surface area contributed by atoms with E-state index in [-0.39, 0.29) is 11.1 Å². The fourth-order valence-electron chi connectivity index (χ4n) is 3.90. The van der Waals surface area contributed by atoms with Gasteiger partial charge in [0.05, 0.1) is 36.6 Å². The van der Waals surface area contributed by atoms with Crippen LogP contribution in [0.15, 0.2) is 28.5 Å². The van der Waals surface area contributed by atoms with Gasteiger partial charge in [-0.1, -0.05) is 13.8 Å². The zero-order valence-electron chi connectivity index (χ0n) is 19.5. The summed E-state index contributed by atoms with van der Waals surface area (Å²) in [6.45, 7) is 6.38. The second-order valence-corrected chi connectivity index (χ2v) is 9.26. The van der Waals surface area contributed by atoms with E-state index in [2.05, 4.69) is 19.2 Å². The summed E-state index contributed by atoms with van der Waals surface area (Å²) < 4.78 is 12.6. The maximum absolute atomic E-state index is 13.4. The number of hydrogen-bond acceptors (Lipinski definition) is 8. The van der Waals surface area contributed by atoms with Crippen molar-refractivity contribution in [1.82, 2.24) is 14.4 Å². The molecule has 9 nitrogen and oxygen atoms in total. The molecule has 4 heterocycles. The molecule has 10 heteroatoms. The number of aliphatic carboxylic acids is 1. The zero-order valence-corrected chi connectivity index (χ0v) is 20.3. The summed E-state index contributed by atoms with van der Waals surface area (Å²) in [5, 5.41) is 12.3. The number of ether oxygens (including phenoxy) is 2. The van der Waals surface area contributed by atoms with Gasteiger partial charge in [-0.3, -0.25) is 9.20 Å². The Morgan fingerprint density at radius 3 is 2.71 bits per heavy atom. The van der Waals surface area contributed by atoms with Crippen molar-refractivity contribution >= 4 is 34.8 Å². The number of fused-ring (bicyclic) bond motifs is 1. The molecule has 0 radical (unpaired) electrons. The normalized spacial score (nSPS) is 14.4. The Morgan fingerprint density at radius 2 is 2.06 bits per heavy atom. The number of carboxylic acid groups (broad SMARTS) is 1. The lowest BCUT2D eigenvalue weighted by Gasteiger charge is -2.29. The highest BCUT2D eigenvalue weighted by Gasteiger charge is 2.22. The van der Waals surface area contributed by atoms with Crippen LogP contribution >= 0.6 is 11.3 Å². The van der Waals surface area contributed by atoms with Gasteiger partial charge in [-0.25, -0.2) is 14.8 Å². The minimum Gasteiger partial charge on any atom is -0.493 e. The lowest BCUT2D eigenvalue weighted by molar-refractivity contribution is -0.131. The molecule has 1 aliphatic heterocycles. The Kier molecular flexibility index (Phi) is 7.28. The van der Waals surface area contributed by atoms with Crippen LogP contribution < -0.4 is 15.2 Å². The Bertz CT molecular complexity index is 1270. The standard InChI is InChI=1S/C24H28N4O5S/c1-15(2)18-14-34-19(25-18)6-4-16-8-9-28-23(21(16)32-3)26-22(27-10-12-33-13-11-27)17(24(28)31)5-7-20(29)30/h5,7-9,14-15H,4,6,10-13H2,1-3H3,(H,29,30)/b7-5+. The molecule has 0 bridgehead atoms. The number of hydrogen-bond donors (Lipinski definition) is 1. The summed E-state index contributed by atoms with van der Waals surface area (Å²) in [6, 6.07) is 1.85. The average Bonchev–Trinajstić information content (AvgIpc) is 3.31. The first-order valence-electron chi connectivity index (χ1n) is 11.2. The van der Waals surface area contributed by atoms with E-state index >= 15 is 0 Å². The topological polar surface area (TPSA) is 106 Å². The van der Waals surface area contributed by atoms with Crippen molar-refractivity contribution in [3.8, 4) is 5.75 Å². The molecule has 1 fully saturated rings. The summed E-state index contributed by atoms with van der Waals surface area (Å²) in [5.41, 5.74) is 2.30. The second kappa shape index (κ2) is 10.4. The third kappa shape index (κ3) is 4.97. The SMILES string of the molecule is COc1c(CCc2nc(C(C)C)cs2)ccn2c(=O)c(/C=C/C(=O)O)c(N3CCOCC3)nc12. The number of morpholine rings is 1.